The summed E-state index contributed by atoms with van der Waals surface area (Å²) in [5, 5.41) is 34.1. The van der Waals surface area contributed by atoms with Crippen LogP contribution in [-0.4, -0.2) is 36.6 Å². The zero-order valence-electron chi connectivity index (χ0n) is 54.6. The van der Waals surface area contributed by atoms with Crippen molar-refractivity contribution in [1.29, 1.82) is 5.16 Å². The first-order chi connectivity index (χ1) is 45.9. The van der Waals surface area contributed by atoms with Crippen LogP contribution in [0.4, 0.5) is 0 Å². The van der Waals surface area contributed by atoms with Crippen LogP contribution in [0.25, 0.3) is 141 Å². The van der Waals surface area contributed by atoms with E-state index in [-0.39, 0.29) is 44.1 Å². The van der Waals surface area contributed by atoms with Crippen LogP contribution in [0.15, 0.2) is 273 Å². The molecule has 0 aromatic heterocycles. The van der Waals surface area contributed by atoms with Crippen LogP contribution in [0.2, 0.25) is 5.02 Å². The molecule has 2 saturated heterocycles. The number of benzene rings is 16. The van der Waals surface area contributed by atoms with Crippen LogP contribution >= 0.6 is 20.6 Å². The molecule has 2 aliphatic rings. The fourth-order valence-corrected chi connectivity index (χ4v) is 14.1. The van der Waals surface area contributed by atoms with Crippen molar-refractivity contribution in [3.63, 3.8) is 0 Å². The van der Waals surface area contributed by atoms with Crippen molar-refractivity contribution in [2.45, 2.75) is 85.2 Å². The Morgan fingerprint density at radius 1 is 0.250 bits per heavy atom. The van der Waals surface area contributed by atoms with Crippen molar-refractivity contribution in [2.75, 3.05) is 0 Å². The van der Waals surface area contributed by atoms with Crippen molar-refractivity contribution in [2.24, 2.45) is 0 Å². The smallest absolute Gasteiger partial charge is 0.494 e. The summed E-state index contributed by atoms with van der Waals surface area (Å²) in [5.41, 5.74) is 5.68. The molecular weight excluding hydrogens is 1210 g/mol. The van der Waals surface area contributed by atoms with Gasteiger partial charge in [0.2, 0.25) is 0 Å². The van der Waals surface area contributed by atoms with Crippen LogP contribution in [-0.2, 0) is 18.6 Å². The minimum Gasteiger partial charge on any atom is -0.614 e. The van der Waals surface area contributed by atoms with Gasteiger partial charge in [0.25, 0.3) is 0 Å². The lowest BCUT2D eigenvalue weighted by Gasteiger charge is -2.32. The maximum Gasteiger partial charge on any atom is 0.494 e. The summed E-state index contributed by atoms with van der Waals surface area (Å²) in [6, 6.07) is 99.0. The highest BCUT2D eigenvalue weighted by Gasteiger charge is 2.53. The van der Waals surface area contributed by atoms with Crippen molar-refractivity contribution in [3.05, 3.63) is 278 Å². The van der Waals surface area contributed by atoms with Gasteiger partial charge in [0, 0.05) is 5.02 Å². The topological polar surface area (TPSA) is 60.8 Å². The third-order valence-corrected chi connectivity index (χ3v) is 20.9. The van der Waals surface area contributed by atoms with Gasteiger partial charge in [-0.25, -0.2) is 0 Å². The highest BCUT2D eigenvalue weighted by atomic mass is 35.5. The first kappa shape index (κ1) is 64.1. The molecule has 0 radical (unpaired) electrons. The van der Waals surface area contributed by atoms with E-state index in [0.29, 0.717) is 0 Å². The van der Waals surface area contributed by atoms with Crippen molar-refractivity contribution in [3.8, 4) is 22.3 Å². The molecule has 0 bridgehead atoms. The average Bonchev–Trinajstić information content (AvgIpc) is 1.17. The molecule has 0 saturated carbocycles. The van der Waals surface area contributed by atoms with Crippen molar-refractivity contribution < 1.29 is 18.6 Å². The molecule has 1 N–H and O–H groups in total. The van der Waals surface area contributed by atoms with E-state index < -0.39 is 0 Å². The molecule has 16 aromatic rings. The van der Waals surface area contributed by atoms with Gasteiger partial charge in [0.15, 0.2) is 0 Å². The molecule has 0 amide bonds. The maximum atomic E-state index is 6.19. The molecule has 0 unspecified atom stereocenters. The van der Waals surface area contributed by atoms with Gasteiger partial charge in [-0.3, -0.25) is 0 Å². The van der Waals surface area contributed by atoms with Crippen LogP contribution < -0.4 is 10.9 Å². The van der Waals surface area contributed by atoms with Crippen molar-refractivity contribution >= 4 is 164 Å². The van der Waals surface area contributed by atoms with E-state index in [2.05, 4.69) is 325 Å². The highest BCUT2D eigenvalue weighted by Crippen LogP contribution is 2.41. The fraction of sp³-hybridized carbons (Fsp3) is 0.149. The molecule has 16 aromatic carbocycles. The number of rotatable bonds is 4. The number of hydrogen-bond donors (Lipinski definition) is 1. The molecule has 96 heavy (non-hydrogen) atoms. The van der Waals surface area contributed by atoms with Crippen LogP contribution in [0.1, 0.15) is 62.8 Å². The minimum absolute atomic E-state index is 0. The molecule has 2 aliphatic heterocycles. The summed E-state index contributed by atoms with van der Waals surface area (Å²) >= 11 is 6.14. The standard InChI is InChI=1S/C46H28.C22H30B2O4.C18H11Cl.CH4.HNP/c1-3-7-39-29(5-1)17-23-43-41(39)21-19-31-9-11-37(27-45(31)43)35-15-13-34-26-36(16-14-33(34)25-35)38-12-10-32-20-22-42-40-8-4-2-6-30(40)18-24-44(42)46(32)28-38;1-19(2)20(3,4)26-23(25-19)17-11-9-16-14-18(12-10-15(16)13-17)24-27-21(5,6)22(7,8)28-24;19-14-8-5-13-7-9-16-15-4-2-1-3-12(15)6-10-17(16)18(13)11-14;;1-2/h1-28H;9-14H,1-8H3;1-11H;1H4;1H/q;;;;-1. The van der Waals surface area contributed by atoms with Crippen molar-refractivity contribution in [1.82, 2.24) is 0 Å². The quantitative estimate of drug-likeness (QED) is 0.108. The Morgan fingerprint density at radius 2 is 0.490 bits per heavy atom. The molecule has 2 heterocycles. The summed E-state index contributed by atoms with van der Waals surface area (Å²) in [7, 11) is 2.08. The average molecular weight is 1290 g/mol. The van der Waals surface area contributed by atoms with E-state index in [4.69, 9.17) is 35.4 Å². The molecule has 18 rings (SSSR count). The van der Waals surface area contributed by atoms with Crippen LogP contribution in [0, 0.1) is 5.16 Å². The predicted molar refractivity (Wildman–Crippen MR) is 416 cm³/mol. The summed E-state index contributed by atoms with van der Waals surface area (Å²) in [4.78, 5) is 0. The zero-order valence-corrected chi connectivity index (χ0v) is 56.2. The normalized spacial score (nSPS) is 15.3. The van der Waals surface area contributed by atoms with E-state index >= 15 is 0 Å². The van der Waals surface area contributed by atoms with Gasteiger partial charge < -0.3 is 32.8 Å². The molecule has 0 aliphatic carbocycles. The third-order valence-electron chi connectivity index (χ3n) is 20.6. The SMILES string of the molecule is C.CC1(C)OB(c2ccc3cc(B4OC(C)(C)C(C)(C)O4)ccc3c2)OC1(C)C.Clc1ccc2ccc3c4ccccc4ccc3c2c1.N=[P-].c1ccc2c(c1)ccc1c3cc(-c4ccc5cc(-c6ccc7ccc8c9ccccc9ccc8c7c6)ccc5c4)ccc3ccc21. The molecule has 2 fully saturated rings. The van der Waals surface area contributed by atoms with Gasteiger partial charge >= 0.3 is 14.2 Å². The van der Waals surface area contributed by atoms with Gasteiger partial charge in [-0.15, -0.1) is 0 Å². The number of nitrogens with one attached hydrogen (secondary N) is 1. The second-order valence-electron chi connectivity index (χ2n) is 27.4. The summed E-state index contributed by atoms with van der Waals surface area (Å²) in [5.74, 6) is 0. The van der Waals surface area contributed by atoms with Gasteiger partial charge in [-0.2, -0.15) is 0 Å². The van der Waals surface area contributed by atoms with Crippen LogP contribution in [0.3, 0.4) is 0 Å². The van der Waals surface area contributed by atoms with E-state index in [1.807, 2.05) is 12.1 Å². The molecule has 0 spiro atoms. The monoisotopic (exact) mass is 1280 g/mol. The summed E-state index contributed by atoms with van der Waals surface area (Å²) < 4.78 is 24.8. The maximum absolute atomic E-state index is 6.19. The second-order valence-corrected chi connectivity index (χ2v) is 27.8. The summed E-state index contributed by atoms with van der Waals surface area (Å²) in [6.07, 6.45) is 0. The van der Waals surface area contributed by atoms with Gasteiger partial charge in [-0.1, -0.05) is 256 Å². The molecule has 470 valence electrons. The van der Waals surface area contributed by atoms with E-state index in [1.165, 1.54) is 130 Å². The Bertz CT molecular complexity index is 5450. The van der Waals surface area contributed by atoms with E-state index in [9.17, 15) is 0 Å². The minimum atomic E-state index is -0.350. The fourth-order valence-electron chi connectivity index (χ4n) is 13.9. The molecule has 0 atom stereocenters. The predicted octanol–water partition coefficient (Wildman–Crippen LogP) is 24.1. The van der Waals surface area contributed by atoms with Gasteiger partial charge in [0.1, 0.15) is 0 Å². The Labute approximate surface area is 569 Å². The molecular formula is C87H74B2ClNO4P-. The lowest BCUT2D eigenvalue weighted by atomic mass is 9.76. The largest absolute Gasteiger partial charge is 0.614 e. The first-order valence-electron chi connectivity index (χ1n) is 32.6. The number of hydrogen-bond acceptors (Lipinski definition) is 5. The Balaban J connectivity index is 0.000000135. The van der Waals surface area contributed by atoms with E-state index in [0.717, 1.165) is 26.7 Å². The third kappa shape index (κ3) is 11.6. The van der Waals surface area contributed by atoms with Gasteiger partial charge in [-0.05, 0) is 243 Å². The summed E-state index contributed by atoms with van der Waals surface area (Å²) in [6.45, 7) is 16.6. The Hall–Kier alpha value is -9.26. The zero-order chi connectivity index (χ0) is 65.5. The lowest BCUT2D eigenvalue weighted by Crippen LogP contribution is -2.41. The molecule has 5 nitrogen and oxygen atoms in total. The molecule has 9 heteroatoms. The van der Waals surface area contributed by atoms with E-state index in [1.54, 1.807) is 0 Å². The second kappa shape index (κ2) is 25.1. The Morgan fingerprint density at radius 3 is 0.833 bits per heavy atom. The van der Waals surface area contributed by atoms with Gasteiger partial charge in [0.05, 0.1) is 22.4 Å². The number of fused-ring (bicyclic) bond motifs is 17. The number of halogens is 1. The van der Waals surface area contributed by atoms with Crippen LogP contribution in [0.5, 0.6) is 0 Å². The highest BCUT2D eigenvalue weighted by molar-refractivity contribution is 7.02. The Kier molecular flexibility index (Phi) is 16.7. The first-order valence-corrected chi connectivity index (χ1v) is 33.4. The lowest BCUT2D eigenvalue weighted by molar-refractivity contribution is 0.00578.